The molecule has 2 rings (SSSR count). The van der Waals surface area contributed by atoms with Crippen molar-refractivity contribution in [3.8, 4) is 0 Å². The summed E-state index contributed by atoms with van der Waals surface area (Å²) >= 11 is 0. The summed E-state index contributed by atoms with van der Waals surface area (Å²) < 4.78 is 0. The van der Waals surface area contributed by atoms with Crippen LogP contribution in [0.15, 0.2) is 24.3 Å². The highest BCUT2D eigenvalue weighted by molar-refractivity contribution is 5.95. The molecule has 0 bridgehead atoms. The highest BCUT2D eigenvalue weighted by atomic mass is 16.2. The summed E-state index contributed by atoms with van der Waals surface area (Å²) in [6.07, 6.45) is 0. The molecule has 4 heteroatoms. The quantitative estimate of drug-likeness (QED) is 0.908. The van der Waals surface area contributed by atoms with Crippen molar-refractivity contribution in [3.05, 3.63) is 29.8 Å². The van der Waals surface area contributed by atoms with E-state index in [1.807, 2.05) is 48.2 Å². The fourth-order valence-corrected chi connectivity index (χ4v) is 2.62. The van der Waals surface area contributed by atoms with Crippen LogP contribution in [-0.2, 0) is 0 Å². The van der Waals surface area contributed by atoms with E-state index < -0.39 is 0 Å². The number of nitrogens with one attached hydrogen (secondary N) is 1. The van der Waals surface area contributed by atoms with Crippen molar-refractivity contribution >= 4 is 11.6 Å². The summed E-state index contributed by atoms with van der Waals surface area (Å²) in [5.74, 6) is 0.111. The molecule has 0 aliphatic carbocycles. The van der Waals surface area contributed by atoms with Crippen LogP contribution in [0.25, 0.3) is 0 Å². The third-order valence-corrected chi connectivity index (χ3v) is 4.16. The maximum Gasteiger partial charge on any atom is 0.254 e. The largest absolute Gasteiger partial charge is 0.378 e. The van der Waals surface area contributed by atoms with Gasteiger partial charge in [0.2, 0.25) is 0 Å². The fraction of sp³-hybridized carbons (Fsp3) is 0.588. The van der Waals surface area contributed by atoms with Crippen LogP contribution in [0.5, 0.6) is 0 Å². The lowest BCUT2D eigenvalue weighted by Crippen LogP contribution is -2.67. The summed E-state index contributed by atoms with van der Waals surface area (Å²) in [6, 6.07) is 7.83. The zero-order chi connectivity index (χ0) is 15.8. The van der Waals surface area contributed by atoms with Gasteiger partial charge in [-0.3, -0.25) is 4.79 Å². The van der Waals surface area contributed by atoms with Gasteiger partial charge in [0.05, 0.1) is 5.54 Å². The Bertz CT molecular complexity index is 517. The fourth-order valence-electron chi connectivity index (χ4n) is 2.62. The van der Waals surface area contributed by atoms with Crippen molar-refractivity contribution in [1.82, 2.24) is 10.2 Å². The Morgan fingerprint density at radius 2 is 1.71 bits per heavy atom. The van der Waals surface area contributed by atoms with E-state index in [1.54, 1.807) is 0 Å². The lowest BCUT2D eigenvalue weighted by atomic mass is 9.90. The van der Waals surface area contributed by atoms with Crippen molar-refractivity contribution in [2.45, 2.75) is 38.8 Å². The molecule has 1 aromatic carbocycles. The van der Waals surface area contributed by atoms with Crippen LogP contribution >= 0.6 is 0 Å². The van der Waals surface area contributed by atoms with Gasteiger partial charge in [-0.2, -0.15) is 0 Å². The van der Waals surface area contributed by atoms with Crippen molar-refractivity contribution in [2.24, 2.45) is 0 Å². The number of carbonyl (C=O) groups is 1. The van der Waals surface area contributed by atoms with Crippen LogP contribution in [-0.4, -0.2) is 49.1 Å². The average Bonchev–Trinajstić information content (AvgIpc) is 2.41. The first kappa shape index (κ1) is 15.8. The first-order valence-electron chi connectivity index (χ1n) is 7.47. The Hall–Kier alpha value is -1.55. The SMILES string of the molecule is CN(C)c1ccc(C(=O)N2CC(C)(C)NCC2(C)C)cc1. The first-order valence-corrected chi connectivity index (χ1v) is 7.47. The molecule has 1 aliphatic heterocycles. The number of carbonyl (C=O) groups excluding carboxylic acids is 1. The molecule has 1 N–H and O–H groups in total. The second kappa shape index (κ2) is 5.34. The van der Waals surface area contributed by atoms with E-state index in [2.05, 4.69) is 33.0 Å². The van der Waals surface area contributed by atoms with Crippen LogP contribution in [0, 0.1) is 0 Å². The molecule has 1 amide bonds. The van der Waals surface area contributed by atoms with E-state index >= 15 is 0 Å². The third-order valence-electron chi connectivity index (χ3n) is 4.16. The topological polar surface area (TPSA) is 35.6 Å². The molecule has 1 aliphatic rings. The number of hydrogen-bond acceptors (Lipinski definition) is 3. The number of amides is 1. The molecule has 1 heterocycles. The van der Waals surface area contributed by atoms with Crippen molar-refractivity contribution in [2.75, 3.05) is 32.1 Å². The number of anilines is 1. The Morgan fingerprint density at radius 3 is 2.24 bits per heavy atom. The molecule has 0 saturated carbocycles. The van der Waals surface area contributed by atoms with Crippen LogP contribution in [0.2, 0.25) is 0 Å². The lowest BCUT2D eigenvalue weighted by molar-refractivity contribution is 0.0281. The monoisotopic (exact) mass is 289 g/mol. The van der Waals surface area contributed by atoms with Gasteiger partial charge in [-0.15, -0.1) is 0 Å². The number of benzene rings is 1. The summed E-state index contributed by atoms with van der Waals surface area (Å²) in [4.78, 5) is 16.9. The molecular formula is C17H27N3O. The standard InChI is InChI=1S/C17H27N3O/c1-16(2)12-20(17(3,4)11-18-16)15(21)13-7-9-14(10-8-13)19(5)6/h7-10,18H,11-12H2,1-6H3. The van der Waals surface area contributed by atoms with Gasteiger partial charge in [0.15, 0.2) is 0 Å². The molecule has 0 atom stereocenters. The highest BCUT2D eigenvalue weighted by Crippen LogP contribution is 2.26. The van der Waals surface area contributed by atoms with E-state index in [9.17, 15) is 4.79 Å². The molecule has 1 fully saturated rings. The summed E-state index contributed by atoms with van der Waals surface area (Å²) in [5.41, 5.74) is 1.64. The van der Waals surface area contributed by atoms with Crippen LogP contribution in [0.4, 0.5) is 5.69 Å². The average molecular weight is 289 g/mol. The van der Waals surface area contributed by atoms with Crippen LogP contribution in [0.3, 0.4) is 0 Å². The molecule has 0 spiro atoms. The van der Waals surface area contributed by atoms with E-state index in [-0.39, 0.29) is 17.0 Å². The predicted molar refractivity (Wildman–Crippen MR) is 88.0 cm³/mol. The predicted octanol–water partition coefficient (Wildman–Crippen LogP) is 2.36. The summed E-state index contributed by atoms with van der Waals surface area (Å²) in [6.45, 7) is 10.0. The van der Waals surface area contributed by atoms with E-state index in [0.717, 1.165) is 17.8 Å². The lowest BCUT2D eigenvalue weighted by Gasteiger charge is -2.49. The third kappa shape index (κ3) is 3.38. The van der Waals surface area contributed by atoms with Crippen LogP contribution < -0.4 is 10.2 Å². The number of hydrogen-bond donors (Lipinski definition) is 1. The van der Waals surface area contributed by atoms with Crippen molar-refractivity contribution in [3.63, 3.8) is 0 Å². The van der Waals surface area contributed by atoms with Crippen molar-refractivity contribution in [1.29, 1.82) is 0 Å². The Balaban J connectivity index is 2.24. The molecular weight excluding hydrogens is 262 g/mol. The molecule has 4 nitrogen and oxygen atoms in total. The summed E-state index contributed by atoms with van der Waals surface area (Å²) in [7, 11) is 4.00. The normalized spacial score (nSPS) is 20.2. The minimum absolute atomic E-state index is 0.0469. The van der Waals surface area contributed by atoms with Gasteiger partial charge in [-0.05, 0) is 52.0 Å². The molecule has 116 valence electrons. The second-order valence-corrected chi connectivity index (χ2v) is 7.38. The molecule has 1 saturated heterocycles. The Labute approximate surface area is 128 Å². The second-order valence-electron chi connectivity index (χ2n) is 7.38. The van der Waals surface area contributed by atoms with Gasteiger partial charge < -0.3 is 15.1 Å². The van der Waals surface area contributed by atoms with Gasteiger partial charge in [-0.1, -0.05) is 0 Å². The van der Waals surface area contributed by atoms with Gasteiger partial charge in [0.25, 0.3) is 5.91 Å². The number of rotatable bonds is 2. The van der Waals surface area contributed by atoms with E-state index in [0.29, 0.717) is 6.54 Å². The minimum atomic E-state index is -0.174. The smallest absolute Gasteiger partial charge is 0.254 e. The molecule has 0 radical (unpaired) electrons. The molecule has 0 unspecified atom stereocenters. The molecule has 0 aromatic heterocycles. The number of nitrogens with zero attached hydrogens (tertiary/aromatic N) is 2. The van der Waals surface area contributed by atoms with E-state index in [1.165, 1.54) is 0 Å². The Kier molecular flexibility index (Phi) is 4.02. The molecule has 21 heavy (non-hydrogen) atoms. The van der Waals surface area contributed by atoms with Crippen molar-refractivity contribution < 1.29 is 4.79 Å². The van der Waals surface area contributed by atoms with Gasteiger partial charge >= 0.3 is 0 Å². The minimum Gasteiger partial charge on any atom is -0.378 e. The number of piperazine rings is 1. The van der Waals surface area contributed by atoms with Crippen LogP contribution in [0.1, 0.15) is 38.1 Å². The highest BCUT2D eigenvalue weighted by Gasteiger charge is 2.40. The molecule has 1 aromatic rings. The maximum atomic E-state index is 12.9. The van der Waals surface area contributed by atoms with Gasteiger partial charge in [-0.25, -0.2) is 0 Å². The summed E-state index contributed by atoms with van der Waals surface area (Å²) in [5, 5.41) is 3.51. The first-order chi connectivity index (χ1) is 9.62. The maximum absolute atomic E-state index is 12.9. The zero-order valence-electron chi connectivity index (χ0n) is 14.0. The zero-order valence-corrected chi connectivity index (χ0v) is 14.0. The Morgan fingerprint density at radius 1 is 1.14 bits per heavy atom. The van der Waals surface area contributed by atoms with Gasteiger partial charge in [0.1, 0.15) is 0 Å². The van der Waals surface area contributed by atoms with Gasteiger partial charge in [0, 0.05) is 44.0 Å². The van der Waals surface area contributed by atoms with E-state index in [4.69, 9.17) is 0 Å².